The summed E-state index contributed by atoms with van der Waals surface area (Å²) in [7, 11) is 0. The zero-order valence-electron chi connectivity index (χ0n) is 10.0. The molecule has 1 fully saturated rings. The molecule has 0 spiro atoms. The fourth-order valence-electron chi connectivity index (χ4n) is 1.75. The SMILES string of the molecule is O=C1CC[C@H](C(=O)NCCc2nc(C(=O)O)cs2)N1. The first-order chi connectivity index (χ1) is 9.06. The van der Waals surface area contributed by atoms with Gasteiger partial charge in [-0.05, 0) is 6.42 Å². The number of hydrogen-bond acceptors (Lipinski definition) is 5. The minimum absolute atomic E-state index is 0.0226. The van der Waals surface area contributed by atoms with Crippen LogP contribution >= 0.6 is 11.3 Å². The van der Waals surface area contributed by atoms with Crippen molar-refractivity contribution < 1.29 is 19.5 Å². The van der Waals surface area contributed by atoms with Crippen LogP contribution in [0.5, 0.6) is 0 Å². The van der Waals surface area contributed by atoms with Crippen LogP contribution in [0.2, 0.25) is 0 Å². The third-order valence-electron chi connectivity index (χ3n) is 2.72. The number of carbonyl (C=O) groups is 3. The number of aromatic nitrogens is 1. The Morgan fingerprint density at radius 2 is 2.37 bits per heavy atom. The molecule has 0 saturated carbocycles. The van der Waals surface area contributed by atoms with Crippen LogP contribution in [0.25, 0.3) is 0 Å². The summed E-state index contributed by atoms with van der Waals surface area (Å²) in [5, 5.41) is 16.1. The van der Waals surface area contributed by atoms with Gasteiger partial charge < -0.3 is 15.7 Å². The van der Waals surface area contributed by atoms with Gasteiger partial charge >= 0.3 is 5.97 Å². The van der Waals surface area contributed by atoms with Gasteiger partial charge in [-0.1, -0.05) is 0 Å². The second-order valence-corrected chi connectivity index (χ2v) is 5.07. The van der Waals surface area contributed by atoms with Crippen LogP contribution < -0.4 is 10.6 Å². The first-order valence-corrected chi connectivity index (χ1v) is 6.69. The molecule has 1 aromatic heterocycles. The molecule has 1 aromatic rings. The van der Waals surface area contributed by atoms with E-state index < -0.39 is 12.0 Å². The summed E-state index contributed by atoms with van der Waals surface area (Å²) in [6.45, 7) is 0.373. The number of carboxylic acid groups (broad SMARTS) is 1. The van der Waals surface area contributed by atoms with Crippen molar-refractivity contribution in [1.29, 1.82) is 0 Å². The van der Waals surface area contributed by atoms with Crippen LogP contribution in [0.3, 0.4) is 0 Å². The lowest BCUT2D eigenvalue weighted by Gasteiger charge is -2.09. The van der Waals surface area contributed by atoms with Gasteiger partial charge in [0.1, 0.15) is 6.04 Å². The summed E-state index contributed by atoms with van der Waals surface area (Å²) in [4.78, 5) is 37.2. The molecule has 19 heavy (non-hydrogen) atoms. The molecule has 0 unspecified atom stereocenters. The maximum absolute atomic E-state index is 11.7. The molecule has 1 aliphatic heterocycles. The van der Waals surface area contributed by atoms with Gasteiger partial charge in [0.25, 0.3) is 0 Å². The molecule has 8 heteroatoms. The Labute approximate surface area is 113 Å². The summed E-state index contributed by atoms with van der Waals surface area (Å²) in [6.07, 6.45) is 1.38. The number of rotatable bonds is 5. The molecule has 2 amide bonds. The van der Waals surface area contributed by atoms with E-state index in [0.29, 0.717) is 30.8 Å². The molecule has 0 aliphatic carbocycles. The minimum Gasteiger partial charge on any atom is -0.476 e. The van der Waals surface area contributed by atoms with E-state index in [1.807, 2.05) is 0 Å². The molecule has 1 aliphatic rings. The summed E-state index contributed by atoms with van der Waals surface area (Å²) < 4.78 is 0. The van der Waals surface area contributed by atoms with Crippen molar-refractivity contribution in [3.63, 3.8) is 0 Å². The first-order valence-electron chi connectivity index (χ1n) is 5.81. The zero-order chi connectivity index (χ0) is 13.8. The van der Waals surface area contributed by atoms with Crippen LogP contribution in [0.15, 0.2) is 5.38 Å². The molecule has 7 nitrogen and oxygen atoms in total. The van der Waals surface area contributed by atoms with Crippen LogP contribution in [0, 0.1) is 0 Å². The summed E-state index contributed by atoms with van der Waals surface area (Å²) in [6, 6.07) is -0.446. The third-order valence-corrected chi connectivity index (χ3v) is 3.63. The van der Waals surface area contributed by atoms with E-state index in [4.69, 9.17) is 5.11 Å². The molecule has 3 N–H and O–H groups in total. The van der Waals surface area contributed by atoms with Crippen molar-refractivity contribution in [2.45, 2.75) is 25.3 Å². The van der Waals surface area contributed by atoms with Crippen molar-refractivity contribution in [3.8, 4) is 0 Å². The Morgan fingerprint density at radius 3 is 2.95 bits per heavy atom. The van der Waals surface area contributed by atoms with E-state index in [-0.39, 0.29) is 17.5 Å². The Kier molecular flexibility index (Phi) is 4.10. The smallest absolute Gasteiger partial charge is 0.355 e. The van der Waals surface area contributed by atoms with Crippen LogP contribution in [-0.2, 0) is 16.0 Å². The highest BCUT2D eigenvalue weighted by Crippen LogP contribution is 2.10. The standard InChI is InChI=1S/C11H13N3O4S/c15-8-2-1-6(13-8)10(16)12-4-3-9-14-7(5-19-9)11(17)18/h5-6H,1-4H2,(H,12,16)(H,13,15)(H,17,18)/t6-/m1/s1. The summed E-state index contributed by atoms with van der Waals surface area (Å²) >= 11 is 1.25. The number of thiazole rings is 1. The Hall–Kier alpha value is -1.96. The molecule has 1 atom stereocenters. The molecule has 102 valence electrons. The molecule has 2 heterocycles. The van der Waals surface area contributed by atoms with E-state index in [1.54, 1.807) is 0 Å². The number of carboxylic acids is 1. The number of nitrogens with one attached hydrogen (secondary N) is 2. The molecule has 0 radical (unpaired) electrons. The predicted molar refractivity (Wildman–Crippen MR) is 67.0 cm³/mol. The van der Waals surface area contributed by atoms with Crippen molar-refractivity contribution in [3.05, 3.63) is 16.1 Å². The van der Waals surface area contributed by atoms with Crippen molar-refractivity contribution in [2.24, 2.45) is 0 Å². The number of nitrogens with zero attached hydrogens (tertiary/aromatic N) is 1. The van der Waals surface area contributed by atoms with Crippen LogP contribution in [0.4, 0.5) is 0 Å². The van der Waals surface area contributed by atoms with Gasteiger partial charge in [0.05, 0.1) is 5.01 Å². The molecule has 1 saturated heterocycles. The second kappa shape index (κ2) is 5.79. The Morgan fingerprint density at radius 1 is 1.58 bits per heavy atom. The lowest BCUT2D eigenvalue weighted by molar-refractivity contribution is -0.125. The molecular weight excluding hydrogens is 270 g/mol. The second-order valence-electron chi connectivity index (χ2n) is 4.13. The fourth-order valence-corrected chi connectivity index (χ4v) is 2.52. The molecule has 0 aromatic carbocycles. The van der Waals surface area contributed by atoms with Crippen LogP contribution in [0.1, 0.15) is 28.3 Å². The van der Waals surface area contributed by atoms with Gasteiger partial charge in [0, 0.05) is 24.8 Å². The van der Waals surface area contributed by atoms with E-state index in [9.17, 15) is 14.4 Å². The van der Waals surface area contributed by atoms with Crippen molar-refractivity contribution in [2.75, 3.05) is 6.54 Å². The predicted octanol–water partition coefficient (Wildman–Crippen LogP) is -0.221. The fraction of sp³-hybridized carbons (Fsp3) is 0.455. The highest BCUT2D eigenvalue weighted by atomic mass is 32.1. The van der Waals surface area contributed by atoms with Gasteiger partial charge in [0.15, 0.2) is 5.69 Å². The number of aromatic carboxylic acids is 1. The monoisotopic (exact) mass is 283 g/mol. The number of hydrogen-bond donors (Lipinski definition) is 3. The van der Waals surface area contributed by atoms with Gasteiger partial charge in [-0.15, -0.1) is 11.3 Å². The van der Waals surface area contributed by atoms with Gasteiger partial charge in [-0.2, -0.15) is 0 Å². The molecule has 0 bridgehead atoms. The average molecular weight is 283 g/mol. The minimum atomic E-state index is -1.06. The summed E-state index contributed by atoms with van der Waals surface area (Å²) in [5.41, 5.74) is 0.0226. The maximum atomic E-state index is 11.7. The maximum Gasteiger partial charge on any atom is 0.355 e. The average Bonchev–Trinajstić information content (AvgIpc) is 2.98. The zero-order valence-corrected chi connectivity index (χ0v) is 10.8. The lowest BCUT2D eigenvalue weighted by atomic mass is 10.2. The highest BCUT2D eigenvalue weighted by molar-refractivity contribution is 7.09. The largest absolute Gasteiger partial charge is 0.476 e. The van der Waals surface area contributed by atoms with E-state index in [2.05, 4.69) is 15.6 Å². The Bertz CT molecular complexity index is 514. The topological polar surface area (TPSA) is 108 Å². The van der Waals surface area contributed by atoms with Crippen molar-refractivity contribution >= 4 is 29.1 Å². The van der Waals surface area contributed by atoms with Crippen LogP contribution in [-0.4, -0.2) is 40.5 Å². The molecular formula is C11H13N3O4S. The quantitative estimate of drug-likeness (QED) is 0.692. The van der Waals surface area contributed by atoms with Gasteiger partial charge in [-0.3, -0.25) is 9.59 Å². The lowest BCUT2D eigenvalue weighted by Crippen LogP contribution is -2.42. The third kappa shape index (κ3) is 3.50. The normalized spacial score (nSPS) is 18.1. The van der Waals surface area contributed by atoms with Gasteiger partial charge in [-0.25, -0.2) is 9.78 Å². The number of carbonyl (C=O) groups excluding carboxylic acids is 2. The van der Waals surface area contributed by atoms with E-state index in [0.717, 1.165) is 0 Å². The van der Waals surface area contributed by atoms with Gasteiger partial charge in [0.2, 0.25) is 11.8 Å². The van der Waals surface area contributed by atoms with Crippen molar-refractivity contribution in [1.82, 2.24) is 15.6 Å². The summed E-state index contributed by atoms with van der Waals surface area (Å²) in [5.74, 6) is -1.37. The highest BCUT2D eigenvalue weighted by Gasteiger charge is 2.26. The van der Waals surface area contributed by atoms with E-state index >= 15 is 0 Å². The van der Waals surface area contributed by atoms with E-state index in [1.165, 1.54) is 16.7 Å². The number of amides is 2. The molecule has 2 rings (SSSR count). The first kappa shape index (κ1) is 13.5. The Balaban J connectivity index is 1.75.